The Morgan fingerprint density at radius 3 is 2.44 bits per heavy atom. The van der Waals surface area contributed by atoms with Gasteiger partial charge in [-0.05, 0) is 42.8 Å². The molecule has 0 saturated carbocycles. The first-order valence-corrected chi connectivity index (χ1v) is 5.71. The van der Waals surface area contributed by atoms with E-state index in [4.69, 9.17) is 16.9 Å². The van der Waals surface area contributed by atoms with Crippen molar-refractivity contribution in [1.29, 1.82) is 5.26 Å². The molecule has 0 spiro atoms. The molecular formula is C14H10ClFN2. The smallest absolute Gasteiger partial charge is 0.143 e. The van der Waals surface area contributed by atoms with Gasteiger partial charge in [0.05, 0.1) is 5.56 Å². The van der Waals surface area contributed by atoms with E-state index in [2.05, 4.69) is 5.32 Å². The van der Waals surface area contributed by atoms with Crippen molar-refractivity contribution < 1.29 is 4.39 Å². The van der Waals surface area contributed by atoms with E-state index in [9.17, 15) is 4.39 Å². The van der Waals surface area contributed by atoms with Crippen LogP contribution in [0.2, 0.25) is 5.02 Å². The third-order valence-electron chi connectivity index (χ3n) is 2.55. The lowest BCUT2D eigenvalue weighted by molar-refractivity contribution is 0.624. The average Bonchev–Trinajstić information content (AvgIpc) is 2.34. The number of hydrogen-bond acceptors (Lipinski definition) is 2. The molecule has 2 nitrogen and oxygen atoms in total. The summed E-state index contributed by atoms with van der Waals surface area (Å²) in [6.45, 7) is 1.91. The van der Waals surface area contributed by atoms with E-state index in [0.717, 1.165) is 11.3 Å². The van der Waals surface area contributed by atoms with Gasteiger partial charge in [0.15, 0.2) is 0 Å². The van der Waals surface area contributed by atoms with Crippen molar-refractivity contribution >= 4 is 23.0 Å². The van der Waals surface area contributed by atoms with Gasteiger partial charge in [-0.25, -0.2) is 4.39 Å². The molecule has 0 aliphatic rings. The van der Waals surface area contributed by atoms with Crippen LogP contribution < -0.4 is 5.32 Å². The maximum atomic E-state index is 13.4. The summed E-state index contributed by atoms with van der Waals surface area (Å²) < 4.78 is 13.4. The van der Waals surface area contributed by atoms with E-state index in [-0.39, 0.29) is 5.56 Å². The van der Waals surface area contributed by atoms with E-state index in [1.165, 1.54) is 12.1 Å². The second-order valence-electron chi connectivity index (χ2n) is 3.90. The minimum atomic E-state index is -0.541. The van der Waals surface area contributed by atoms with Crippen LogP contribution in [0.1, 0.15) is 11.1 Å². The highest BCUT2D eigenvalue weighted by Crippen LogP contribution is 2.24. The highest BCUT2D eigenvalue weighted by atomic mass is 35.5. The van der Waals surface area contributed by atoms with Crippen molar-refractivity contribution in [1.82, 2.24) is 0 Å². The lowest BCUT2D eigenvalue weighted by Gasteiger charge is -2.08. The Morgan fingerprint density at radius 2 is 1.83 bits per heavy atom. The lowest BCUT2D eigenvalue weighted by atomic mass is 10.2. The van der Waals surface area contributed by atoms with Crippen LogP contribution in [-0.4, -0.2) is 0 Å². The molecule has 0 atom stereocenters. The van der Waals surface area contributed by atoms with Gasteiger partial charge < -0.3 is 5.32 Å². The topological polar surface area (TPSA) is 35.8 Å². The van der Waals surface area contributed by atoms with E-state index >= 15 is 0 Å². The summed E-state index contributed by atoms with van der Waals surface area (Å²) in [6.07, 6.45) is 0. The van der Waals surface area contributed by atoms with Crippen molar-refractivity contribution in [3.05, 3.63) is 58.4 Å². The van der Waals surface area contributed by atoms with Crippen LogP contribution >= 0.6 is 11.6 Å². The number of nitrogens with zero attached hydrogens (tertiary/aromatic N) is 1. The Labute approximate surface area is 110 Å². The third kappa shape index (κ3) is 2.61. The highest BCUT2D eigenvalue weighted by molar-refractivity contribution is 6.31. The van der Waals surface area contributed by atoms with Crippen LogP contribution in [0.15, 0.2) is 36.4 Å². The van der Waals surface area contributed by atoms with Gasteiger partial charge in [0.1, 0.15) is 11.9 Å². The summed E-state index contributed by atoms with van der Waals surface area (Å²) in [5.74, 6) is -0.541. The van der Waals surface area contributed by atoms with E-state index in [1.807, 2.05) is 19.1 Å². The number of hydrogen-bond donors (Lipinski definition) is 1. The lowest BCUT2D eigenvalue weighted by Crippen LogP contribution is -1.93. The van der Waals surface area contributed by atoms with Crippen molar-refractivity contribution in [3.63, 3.8) is 0 Å². The van der Waals surface area contributed by atoms with Crippen LogP contribution in [0.5, 0.6) is 0 Å². The first kappa shape index (κ1) is 12.4. The zero-order valence-corrected chi connectivity index (χ0v) is 10.4. The van der Waals surface area contributed by atoms with Crippen LogP contribution in [0.25, 0.3) is 0 Å². The van der Waals surface area contributed by atoms with Crippen LogP contribution in [0, 0.1) is 24.1 Å². The second-order valence-corrected chi connectivity index (χ2v) is 4.30. The molecular weight excluding hydrogens is 251 g/mol. The van der Waals surface area contributed by atoms with Gasteiger partial charge in [0.2, 0.25) is 0 Å². The first-order chi connectivity index (χ1) is 8.60. The highest BCUT2D eigenvalue weighted by Gasteiger charge is 2.03. The summed E-state index contributed by atoms with van der Waals surface area (Å²) in [7, 11) is 0. The molecule has 0 aromatic heterocycles. The third-order valence-corrected chi connectivity index (χ3v) is 2.96. The zero-order chi connectivity index (χ0) is 13.1. The van der Waals surface area contributed by atoms with E-state index < -0.39 is 5.82 Å². The van der Waals surface area contributed by atoms with Gasteiger partial charge >= 0.3 is 0 Å². The van der Waals surface area contributed by atoms with Gasteiger partial charge in [0, 0.05) is 16.4 Å². The van der Waals surface area contributed by atoms with Crippen LogP contribution in [0.3, 0.4) is 0 Å². The minimum Gasteiger partial charge on any atom is -0.355 e. The molecule has 18 heavy (non-hydrogen) atoms. The molecule has 90 valence electrons. The predicted molar refractivity (Wildman–Crippen MR) is 70.6 cm³/mol. The van der Waals surface area contributed by atoms with Gasteiger partial charge in [-0.15, -0.1) is 0 Å². The summed E-state index contributed by atoms with van der Waals surface area (Å²) in [6, 6.07) is 11.7. The average molecular weight is 261 g/mol. The molecule has 0 radical (unpaired) electrons. The van der Waals surface area contributed by atoms with Crippen molar-refractivity contribution in [2.45, 2.75) is 6.92 Å². The van der Waals surface area contributed by atoms with E-state index in [1.54, 1.807) is 18.2 Å². The molecule has 0 heterocycles. The molecule has 0 bridgehead atoms. The molecule has 0 saturated heterocycles. The quantitative estimate of drug-likeness (QED) is 0.869. The molecule has 2 rings (SSSR count). The maximum absolute atomic E-state index is 13.4. The molecule has 2 aromatic rings. The maximum Gasteiger partial charge on any atom is 0.143 e. The van der Waals surface area contributed by atoms with Crippen molar-refractivity contribution in [2.24, 2.45) is 0 Å². The summed E-state index contributed by atoms with van der Waals surface area (Å²) in [5.41, 5.74) is 2.36. The van der Waals surface area contributed by atoms with Gasteiger partial charge in [-0.3, -0.25) is 0 Å². The number of anilines is 2. The number of nitrogens with one attached hydrogen (secondary N) is 1. The predicted octanol–water partition coefficient (Wildman–Crippen LogP) is 4.40. The Bertz CT molecular complexity index is 632. The summed E-state index contributed by atoms with van der Waals surface area (Å²) in [5, 5.41) is 12.3. The Kier molecular flexibility index (Phi) is 3.50. The van der Waals surface area contributed by atoms with Gasteiger partial charge in [0.25, 0.3) is 0 Å². The number of halogens is 2. The van der Waals surface area contributed by atoms with E-state index in [0.29, 0.717) is 10.7 Å². The number of benzene rings is 2. The molecule has 0 fully saturated rings. The monoisotopic (exact) mass is 260 g/mol. The minimum absolute atomic E-state index is 0.0301. The molecule has 4 heteroatoms. The van der Waals surface area contributed by atoms with Crippen molar-refractivity contribution in [2.75, 3.05) is 5.32 Å². The fourth-order valence-electron chi connectivity index (χ4n) is 1.52. The molecule has 0 unspecified atom stereocenters. The van der Waals surface area contributed by atoms with Gasteiger partial charge in [-0.2, -0.15) is 5.26 Å². The fourth-order valence-corrected chi connectivity index (χ4v) is 1.70. The van der Waals surface area contributed by atoms with Crippen molar-refractivity contribution in [3.8, 4) is 6.07 Å². The zero-order valence-electron chi connectivity index (χ0n) is 9.67. The molecule has 1 N–H and O–H groups in total. The number of nitriles is 1. The number of aryl methyl sites for hydroxylation is 1. The Balaban J connectivity index is 2.26. The Morgan fingerprint density at radius 1 is 1.17 bits per heavy atom. The Hall–Kier alpha value is -2.05. The number of rotatable bonds is 2. The SMILES string of the molecule is Cc1ccc(Nc2ccc(C#N)c(F)c2)cc1Cl. The second kappa shape index (κ2) is 5.07. The fraction of sp³-hybridized carbons (Fsp3) is 0.0714. The molecule has 0 aliphatic heterocycles. The summed E-state index contributed by atoms with van der Waals surface area (Å²) in [4.78, 5) is 0. The standard InChI is InChI=1S/C14H10ClFN2/c1-9-2-4-11(6-13(9)15)18-12-5-3-10(8-17)14(16)7-12/h2-7,18H,1H3. The molecule has 2 aromatic carbocycles. The van der Waals surface area contributed by atoms with Gasteiger partial charge in [-0.1, -0.05) is 17.7 Å². The normalized spacial score (nSPS) is 9.89. The largest absolute Gasteiger partial charge is 0.355 e. The van der Waals surface area contributed by atoms with Crippen LogP contribution in [0.4, 0.5) is 15.8 Å². The molecule has 0 aliphatic carbocycles. The summed E-state index contributed by atoms with van der Waals surface area (Å²) >= 11 is 6.00. The first-order valence-electron chi connectivity index (χ1n) is 5.33. The molecule has 0 amide bonds. The van der Waals surface area contributed by atoms with Crippen LogP contribution in [-0.2, 0) is 0 Å².